The largest absolute Gasteiger partial charge is 0.573 e. The molecule has 1 aromatic heterocycles. The third-order valence-electron chi connectivity index (χ3n) is 2.03. The summed E-state index contributed by atoms with van der Waals surface area (Å²) in [4.78, 5) is 0. The van der Waals surface area contributed by atoms with Crippen LogP contribution in [0.4, 0.5) is 13.2 Å². The van der Waals surface area contributed by atoms with E-state index in [9.17, 15) is 13.2 Å². The fourth-order valence-corrected chi connectivity index (χ4v) is 1.33. The van der Waals surface area contributed by atoms with Crippen LogP contribution in [-0.4, -0.2) is 21.4 Å². The smallest absolute Gasteiger partial charge is 0.406 e. The molecule has 0 saturated heterocycles. The van der Waals surface area contributed by atoms with Gasteiger partial charge in [-0.15, -0.1) is 18.3 Å². The lowest BCUT2D eigenvalue weighted by molar-refractivity contribution is -0.274. The van der Waals surface area contributed by atoms with E-state index in [0.29, 0.717) is 5.69 Å². The maximum Gasteiger partial charge on any atom is 0.573 e. The van der Waals surface area contributed by atoms with E-state index >= 15 is 0 Å². The molecule has 0 bridgehead atoms. The van der Waals surface area contributed by atoms with Gasteiger partial charge in [0.05, 0.1) is 17.6 Å². The van der Waals surface area contributed by atoms with E-state index in [1.165, 1.54) is 28.9 Å². The predicted molar refractivity (Wildman–Crippen MR) is 52.8 cm³/mol. The monoisotopic (exact) mass is 243 g/mol. The van der Waals surface area contributed by atoms with Crippen LogP contribution in [0.5, 0.6) is 5.75 Å². The third kappa shape index (κ3) is 2.74. The maximum atomic E-state index is 11.9. The van der Waals surface area contributed by atoms with Crippen LogP contribution in [0.15, 0.2) is 30.5 Å². The lowest BCUT2D eigenvalue weighted by Crippen LogP contribution is -2.17. The van der Waals surface area contributed by atoms with Gasteiger partial charge in [0.25, 0.3) is 0 Å². The van der Waals surface area contributed by atoms with Gasteiger partial charge in [-0.25, -0.2) is 4.68 Å². The summed E-state index contributed by atoms with van der Waals surface area (Å²) in [7, 11) is 0. The van der Waals surface area contributed by atoms with Gasteiger partial charge in [0, 0.05) is 0 Å². The van der Waals surface area contributed by atoms with E-state index in [1.807, 2.05) is 0 Å². The Morgan fingerprint density at radius 1 is 1.18 bits per heavy atom. The molecule has 0 fully saturated rings. The zero-order valence-corrected chi connectivity index (χ0v) is 8.77. The fourth-order valence-electron chi connectivity index (χ4n) is 1.33. The zero-order chi connectivity index (χ0) is 12.5. The highest BCUT2D eigenvalue weighted by atomic mass is 19.4. The van der Waals surface area contributed by atoms with Gasteiger partial charge in [0.15, 0.2) is 0 Å². The molecule has 0 amide bonds. The molecule has 0 radical (unpaired) electrons. The van der Waals surface area contributed by atoms with Crippen LogP contribution in [0.2, 0.25) is 0 Å². The predicted octanol–water partition coefficient (Wildman–Crippen LogP) is 2.47. The Bertz CT molecular complexity index is 504. The molecule has 0 aliphatic carbocycles. The first-order valence-electron chi connectivity index (χ1n) is 4.69. The molecule has 90 valence electrons. The number of aromatic nitrogens is 3. The molecule has 0 aliphatic heterocycles. The average molecular weight is 243 g/mol. The maximum absolute atomic E-state index is 11.9. The van der Waals surface area contributed by atoms with Gasteiger partial charge in [-0.2, -0.15) is 0 Å². The fraction of sp³-hybridized carbons (Fsp3) is 0.200. The lowest BCUT2D eigenvalue weighted by atomic mass is 10.3. The van der Waals surface area contributed by atoms with Crippen molar-refractivity contribution in [3.63, 3.8) is 0 Å². The van der Waals surface area contributed by atoms with Crippen LogP contribution in [0.3, 0.4) is 0 Å². The van der Waals surface area contributed by atoms with E-state index < -0.39 is 6.36 Å². The summed E-state index contributed by atoms with van der Waals surface area (Å²) in [5, 5.41) is 7.48. The number of alkyl halides is 3. The van der Waals surface area contributed by atoms with Crippen LogP contribution < -0.4 is 4.74 Å². The van der Waals surface area contributed by atoms with Crippen LogP contribution >= 0.6 is 0 Å². The normalized spacial score (nSPS) is 11.5. The molecule has 2 aromatic rings. The Morgan fingerprint density at radius 3 is 2.29 bits per heavy atom. The summed E-state index contributed by atoms with van der Waals surface area (Å²) in [6.07, 6.45) is -3.12. The van der Waals surface area contributed by atoms with Crippen molar-refractivity contribution in [2.75, 3.05) is 0 Å². The second-order valence-corrected chi connectivity index (χ2v) is 3.33. The molecule has 0 atom stereocenters. The van der Waals surface area contributed by atoms with Crippen LogP contribution in [0.1, 0.15) is 5.69 Å². The molecular weight excluding hydrogens is 235 g/mol. The minimum Gasteiger partial charge on any atom is -0.406 e. The molecular formula is C10H8F3N3O. The highest BCUT2D eigenvalue weighted by molar-refractivity contribution is 5.37. The van der Waals surface area contributed by atoms with Gasteiger partial charge in [-0.1, -0.05) is 5.21 Å². The number of aryl methyl sites for hydroxylation is 1. The molecule has 7 heteroatoms. The highest BCUT2D eigenvalue weighted by Gasteiger charge is 2.30. The van der Waals surface area contributed by atoms with E-state index in [1.54, 1.807) is 13.1 Å². The number of rotatable bonds is 2. The molecule has 0 unspecified atom stereocenters. The van der Waals surface area contributed by atoms with Gasteiger partial charge < -0.3 is 4.74 Å². The number of benzene rings is 1. The Hall–Kier alpha value is -2.05. The van der Waals surface area contributed by atoms with Crippen LogP contribution in [-0.2, 0) is 0 Å². The van der Waals surface area contributed by atoms with Crippen LogP contribution in [0.25, 0.3) is 5.69 Å². The molecule has 1 heterocycles. The van der Waals surface area contributed by atoms with Crippen molar-refractivity contribution >= 4 is 0 Å². The number of hydrogen-bond donors (Lipinski definition) is 0. The van der Waals surface area contributed by atoms with Crippen molar-refractivity contribution in [3.8, 4) is 11.4 Å². The Balaban J connectivity index is 2.22. The van der Waals surface area contributed by atoms with Gasteiger partial charge in [0.2, 0.25) is 0 Å². The molecule has 2 rings (SSSR count). The Morgan fingerprint density at radius 2 is 1.82 bits per heavy atom. The second-order valence-electron chi connectivity index (χ2n) is 3.33. The standard InChI is InChI=1S/C10H8F3N3O/c1-7-6-14-15-16(7)8-2-4-9(5-3-8)17-10(11,12)13/h2-6H,1H3. The van der Waals surface area contributed by atoms with Crippen molar-refractivity contribution < 1.29 is 17.9 Å². The quantitative estimate of drug-likeness (QED) is 0.813. The van der Waals surface area contributed by atoms with Gasteiger partial charge in [-0.05, 0) is 31.2 Å². The summed E-state index contributed by atoms with van der Waals surface area (Å²) in [6, 6.07) is 5.40. The second kappa shape index (κ2) is 4.08. The van der Waals surface area contributed by atoms with E-state index in [4.69, 9.17) is 0 Å². The Kier molecular flexibility index (Phi) is 2.74. The minimum atomic E-state index is -4.68. The van der Waals surface area contributed by atoms with E-state index in [0.717, 1.165) is 5.69 Å². The molecule has 17 heavy (non-hydrogen) atoms. The summed E-state index contributed by atoms with van der Waals surface area (Å²) >= 11 is 0. The SMILES string of the molecule is Cc1cnnn1-c1ccc(OC(F)(F)F)cc1. The molecule has 0 saturated carbocycles. The van der Waals surface area contributed by atoms with Crippen molar-refractivity contribution in [2.24, 2.45) is 0 Å². The number of halogens is 3. The Labute approximate surface area is 94.6 Å². The van der Waals surface area contributed by atoms with Crippen molar-refractivity contribution in [1.29, 1.82) is 0 Å². The minimum absolute atomic E-state index is 0.265. The number of hydrogen-bond acceptors (Lipinski definition) is 3. The summed E-state index contributed by atoms with van der Waals surface area (Å²) in [5.41, 5.74) is 1.41. The van der Waals surface area contributed by atoms with Crippen LogP contribution in [0, 0.1) is 6.92 Å². The highest BCUT2D eigenvalue weighted by Crippen LogP contribution is 2.23. The number of ether oxygens (including phenoxy) is 1. The summed E-state index contributed by atoms with van der Waals surface area (Å²) in [5.74, 6) is -0.265. The molecule has 0 aliphatic rings. The lowest BCUT2D eigenvalue weighted by Gasteiger charge is -2.09. The molecule has 0 N–H and O–H groups in total. The first-order chi connectivity index (χ1) is 7.96. The zero-order valence-electron chi connectivity index (χ0n) is 8.77. The van der Waals surface area contributed by atoms with Crippen molar-refractivity contribution in [3.05, 3.63) is 36.2 Å². The number of nitrogens with zero attached hydrogens (tertiary/aromatic N) is 3. The van der Waals surface area contributed by atoms with E-state index in [2.05, 4.69) is 15.0 Å². The molecule has 1 aromatic carbocycles. The van der Waals surface area contributed by atoms with Crippen molar-refractivity contribution in [2.45, 2.75) is 13.3 Å². The van der Waals surface area contributed by atoms with Gasteiger partial charge >= 0.3 is 6.36 Å². The summed E-state index contributed by atoms with van der Waals surface area (Å²) in [6.45, 7) is 1.79. The van der Waals surface area contributed by atoms with Gasteiger partial charge in [-0.3, -0.25) is 0 Å². The topological polar surface area (TPSA) is 39.9 Å². The van der Waals surface area contributed by atoms with Crippen molar-refractivity contribution in [1.82, 2.24) is 15.0 Å². The first-order valence-corrected chi connectivity index (χ1v) is 4.69. The van der Waals surface area contributed by atoms with Gasteiger partial charge in [0.1, 0.15) is 5.75 Å². The third-order valence-corrected chi connectivity index (χ3v) is 2.03. The first kappa shape index (κ1) is 11.4. The molecule has 0 spiro atoms. The van der Waals surface area contributed by atoms with E-state index in [-0.39, 0.29) is 5.75 Å². The average Bonchev–Trinajstić information content (AvgIpc) is 2.63. The molecule has 4 nitrogen and oxygen atoms in total. The summed E-state index contributed by atoms with van der Waals surface area (Å²) < 4.78 is 41.1.